The van der Waals surface area contributed by atoms with Crippen molar-refractivity contribution in [2.45, 2.75) is 11.6 Å². The predicted molar refractivity (Wildman–Crippen MR) is 112 cm³/mol. The lowest BCUT2D eigenvalue weighted by Crippen LogP contribution is -2.48. The molecule has 1 amide bonds. The number of hydrogen-bond donors (Lipinski definition) is 0. The van der Waals surface area contributed by atoms with E-state index in [1.807, 2.05) is 11.0 Å². The van der Waals surface area contributed by atoms with Gasteiger partial charge in [0.1, 0.15) is 0 Å². The summed E-state index contributed by atoms with van der Waals surface area (Å²) in [6.45, 7) is 4.10. The van der Waals surface area contributed by atoms with E-state index in [1.165, 1.54) is 34.3 Å². The third kappa shape index (κ3) is 4.29. The van der Waals surface area contributed by atoms with Crippen molar-refractivity contribution < 1.29 is 9.52 Å². The molecule has 1 aliphatic heterocycles. The molecular formula is C22H23N3O2S. The summed E-state index contributed by atoms with van der Waals surface area (Å²) < 4.78 is 0.806. The quantitative estimate of drug-likeness (QED) is 0.380. The number of rotatable bonds is 5. The lowest BCUT2D eigenvalue weighted by Gasteiger charge is -2.34. The highest BCUT2D eigenvalue weighted by Crippen LogP contribution is 2.21. The minimum atomic E-state index is 0.0960. The number of amides is 1. The van der Waals surface area contributed by atoms with E-state index in [1.54, 1.807) is 12.1 Å². The maximum absolute atomic E-state index is 12.5. The average Bonchev–Trinajstić information content (AvgIpc) is 2.74. The van der Waals surface area contributed by atoms with Gasteiger partial charge in [0, 0.05) is 44.9 Å². The number of fused-ring (bicyclic) bond motifs is 1. The van der Waals surface area contributed by atoms with Crippen LogP contribution in [0.2, 0.25) is 0 Å². The summed E-state index contributed by atoms with van der Waals surface area (Å²) in [6, 6.07) is 20.2. The zero-order valence-electron chi connectivity index (χ0n) is 15.7. The molecule has 1 fully saturated rings. The first-order chi connectivity index (χ1) is 13.7. The van der Waals surface area contributed by atoms with Crippen LogP contribution in [0.25, 0.3) is 10.8 Å². The number of nitrogens with zero attached hydrogens (tertiary/aromatic N) is 3. The number of piperazine rings is 1. The zero-order chi connectivity index (χ0) is 19.3. The summed E-state index contributed by atoms with van der Waals surface area (Å²) >= 11 is 1.30. The van der Waals surface area contributed by atoms with Gasteiger partial charge in [-0.1, -0.05) is 42.5 Å². The first kappa shape index (κ1) is 18.8. The van der Waals surface area contributed by atoms with Crippen LogP contribution in [0.15, 0.2) is 71.9 Å². The smallest absolute Gasteiger partial charge is 0.251 e. The molecule has 6 heteroatoms. The SMILES string of the molecule is O=C(CSc1cccc[n+]1[O-])N1CCN(Cc2cccc3ccccc23)CC1. The second-order valence-electron chi connectivity index (χ2n) is 6.95. The summed E-state index contributed by atoms with van der Waals surface area (Å²) in [5.74, 6) is 0.397. The minimum Gasteiger partial charge on any atom is -0.618 e. The van der Waals surface area contributed by atoms with Gasteiger partial charge in [0.25, 0.3) is 5.03 Å². The van der Waals surface area contributed by atoms with E-state index in [9.17, 15) is 10.0 Å². The van der Waals surface area contributed by atoms with Gasteiger partial charge in [-0.2, -0.15) is 4.73 Å². The highest BCUT2D eigenvalue weighted by molar-refractivity contribution is 7.99. The lowest BCUT2D eigenvalue weighted by atomic mass is 10.0. The summed E-state index contributed by atoms with van der Waals surface area (Å²) in [4.78, 5) is 16.8. The van der Waals surface area contributed by atoms with Crippen LogP contribution in [0.4, 0.5) is 0 Å². The number of thioether (sulfide) groups is 1. The van der Waals surface area contributed by atoms with E-state index in [-0.39, 0.29) is 5.91 Å². The molecule has 28 heavy (non-hydrogen) atoms. The first-order valence-electron chi connectivity index (χ1n) is 9.48. The number of carbonyl (C=O) groups is 1. The second-order valence-corrected chi connectivity index (χ2v) is 7.94. The molecule has 144 valence electrons. The number of carbonyl (C=O) groups excluding carboxylic acids is 1. The monoisotopic (exact) mass is 393 g/mol. The Balaban J connectivity index is 1.30. The van der Waals surface area contributed by atoms with Crippen LogP contribution in [0, 0.1) is 5.21 Å². The Bertz CT molecular complexity index is 965. The molecular weight excluding hydrogens is 370 g/mol. The molecule has 0 unspecified atom stereocenters. The van der Waals surface area contributed by atoms with Crippen LogP contribution in [0.1, 0.15) is 5.56 Å². The highest BCUT2D eigenvalue weighted by atomic mass is 32.2. The Morgan fingerprint density at radius 2 is 1.71 bits per heavy atom. The van der Waals surface area contributed by atoms with Crippen molar-refractivity contribution in [3.05, 3.63) is 77.6 Å². The van der Waals surface area contributed by atoms with Gasteiger partial charge < -0.3 is 10.1 Å². The Kier molecular flexibility index (Phi) is 5.78. The molecule has 3 aromatic rings. The van der Waals surface area contributed by atoms with Crippen LogP contribution in [-0.2, 0) is 11.3 Å². The van der Waals surface area contributed by atoms with Crippen molar-refractivity contribution in [1.82, 2.24) is 9.80 Å². The van der Waals surface area contributed by atoms with Crippen LogP contribution < -0.4 is 4.73 Å². The van der Waals surface area contributed by atoms with Gasteiger partial charge in [-0.3, -0.25) is 9.69 Å². The Morgan fingerprint density at radius 3 is 2.54 bits per heavy atom. The van der Waals surface area contributed by atoms with Gasteiger partial charge in [-0.25, -0.2) is 0 Å². The van der Waals surface area contributed by atoms with Crippen LogP contribution in [0.5, 0.6) is 0 Å². The molecule has 0 atom stereocenters. The molecule has 5 nitrogen and oxygen atoms in total. The normalized spacial score (nSPS) is 15.1. The van der Waals surface area contributed by atoms with Crippen molar-refractivity contribution in [2.75, 3.05) is 31.9 Å². The third-order valence-corrected chi connectivity index (χ3v) is 6.13. The first-order valence-corrected chi connectivity index (χ1v) is 10.5. The van der Waals surface area contributed by atoms with E-state index in [0.29, 0.717) is 10.8 Å². The summed E-state index contributed by atoms with van der Waals surface area (Å²) in [7, 11) is 0. The van der Waals surface area contributed by atoms with Gasteiger partial charge in [0.2, 0.25) is 5.91 Å². The maximum Gasteiger partial charge on any atom is 0.251 e. The molecule has 0 aliphatic carbocycles. The molecule has 1 aromatic heterocycles. The lowest BCUT2D eigenvalue weighted by molar-refractivity contribution is -0.645. The minimum absolute atomic E-state index is 0.0960. The fourth-order valence-electron chi connectivity index (χ4n) is 3.58. The van der Waals surface area contributed by atoms with Gasteiger partial charge in [0.05, 0.1) is 5.75 Å². The fraction of sp³-hybridized carbons (Fsp3) is 0.273. The molecule has 0 saturated carbocycles. The van der Waals surface area contributed by atoms with Crippen molar-refractivity contribution in [2.24, 2.45) is 0 Å². The zero-order valence-corrected chi connectivity index (χ0v) is 16.5. The van der Waals surface area contributed by atoms with E-state index in [4.69, 9.17) is 0 Å². The molecule has 2 aromatic carbocycles. The Labute approximate surface area is 169 Å². The van der Waals surface area contributed by atoms with E-state index in [2.05, 4.69) is 47.4 Å². The fourth-order valence-corrected chi connectivity index (χ4v) is 4.39. The topological polar surface area (TPSA) is 50.5 Å². The van der Waals surface area contributed by atoms with E-state index in [0.717, 1.165) is 37.5 Å². The van der Waals surface area contributed by atoms with Crippen LogP contribution >= 0.6 is 11.8 Å². The molecule has 0 N–H and O–H groups in total. The van der Waals surface area contributed by atoms with Crippen molar-refractivity contribution in [3.63, 3.8) is 0 Å². The van der Waals surface area contributed by atoms with E-state index >= 15 is 0 Å². The number of hydrogen-bond acceptors (Lipinski definition) is 4. The average molecular weight is 394 g/mol. The summed E-state index contributed by atoms with van der Waals surface area (Å²) in [6.07, 6.45) is 1.46. The van der Waals surface area contributed by atoms with Gasteiger partial charge in [-0.05, 0) is 34.2 Å². The third-order valence-electron chi connectivity index (χ3n) is 5.13. The number of benzene rings is 2. The largest absolute Gasteiger partial charge is 0.618 e. The van der Waals surface area contributed by atoms with Crippen molar-refractivity contribution in [3.8, 4) is 0 Å². The van der Waals surface area contributed by atoms with Gasteiger partial charge >= 0.3 is 0 Å². The molecule has 0 radical (unpaired) electrons. The molecule has 0 bridgehead atoms. The van der Waals surface area contributed by atoms with E-state index < -0.39 is 0 Å². The van der Waals surface area contributed by atoms with Crippen molar-refractivity contribution >= 4 is 28.4 Å². The maximum atomic E-state index is 12.5. The molecule has 0 spiro atoms. The van der Waals surface area contributed by atoms with Gasteiger partial charge in [-0.15, -0.1) is 0 Å². The Morgan fingerprint density at radius 1 is 0.964 bits per heavy atom. The molecule has 1 aliphatic rings. The number of aromatic nitrogens is 1. The van der Waals surface area contributed by atoms with Crippen molar-refractivity contribution in [1.29, 1.82) is 0 Å². The molecule has 1 saturated heterocycles. The number of pyridine rings is 1. The van der Waals surface area contributed by atoms with Crippen LogP contribution in [0.3, 0.4) is 0 Å². The molecule has 4 rings (SSSR count). The standard InChI is InChI=1S/C22H23N3O2S/c26-21(17-28-22-10-3-4-11-25(22)27)24-14-12-23(13-15-24)16-19-8-5-7-18-6-1-2-9-20(18)19/h1-11H,12-17H2. The van der Waals surface area contributed by atoms with Gasteiger partial charge in [0.15, 0.2) is 6.20 Å². The predicted octanol–water partition coefficient (Wildman–Crippen LogP) is 2.91. The summed E-state index contributed by atoms with van der Waals surface area (Å²) in [5.41, 5.74) is 1.33. The summed E-state index contributed by atoms with van der Waals surface area (Å²) in [5, 5.41) is 14.8. The Hall–Kier alpha value is -2.57. The second kappa shape index (κ2) is 8.63. The molecule has 2 heterocycles. The van der Waals surface area contributed by atoms with Crippen LogP contribution in [-0.4, -0.2) is 47.6 Å². The highest BCUT2D eigenvalue weighted by Gasteiger charge is 2.22.